The smallest absolute Gasteiger partial charge is 0.326 e. The Morgan fingerprint density at radius 1 is 1.16 bits per heavy atom. The zero-order valence-electron chi connectivity index (χ0n) is 12.5. The number of nitrogens with one attached hydrogen (secondary N) is 1. The molecule has 0 aliphatic heterocycles. The van der Waals surface area contributed by atoms with Crippen LogP contribution in [0.25, 0.3) is 0 Å². The predicted octanol–water partition coefficient (Wildman–Crippen LogP) is 1.22. The Morgan fingerprint density at radius 3 is 2.26 bits per heavy atom. The van der Waals surface area contributed by atoms with Gasteiger partial charge < -0.3 is 20.2 Å². The summed E-state index contributed by atoms with van der Waals surface area (Å²) >= 11 is 0. The van der Waals surface area contributed by atoms with Gasteiger partial charge in [-0.15, -0.1) is 0 Å². The summed E-state index contributed by atoms with van der Waals surface area (Å²) < 4.78 is 0. The molecule has 1 unspecified atom stereocenters. The lowest BCUT2D eigenvalue weighted by Crippen LogP contribution is -2.47. The largest absolute Gasteiger partial charge is 0.480 e. The summed E-state index contributed by atoms with van der Waals surface area (Å²) in [4.78, 5) is 26.4. The van der Waals surface area contributed by atoms with Crippen LogP contribution in [-0.2, 0) is 4.79 Å². The van der Waals surface area contributed by atoms with Crippen molar-refractivity contribution in [2.45, 2.75) is 38.6 Å². The highest BCUT2D eigenvalue weighted by atomic mass is 16.4. The van der Waals surface area contributed by atoms with Crippen molar-refractivity contribution >= 4 is 12.0 Å². The maximum absolute atomic E-state index is 11.8. The van der Waals surface area contributed by atoms with Crippen molar-refractivity contribution in [3.8, 4) is 0 Å². The molecule has 0 heterocycles. The van der Waals surface area contributed by atoms with E-state index in [1.54, 1.807) is 7.05 Å². The fourth-order valence-electron chi connectivity index (χ4n) is 1.65. The van der Waals surface area contributed by atoms with E-state index in [1.807, 2.05) is 25.9 Å². The van der Waals surface area contributed by atoms with E-state index in [0.29, 0.717) is 13.0 Å². The summed E-state index contributed by atoms with van der Waals surface area (Å²) in [7, 11) is 5.64. The number of unbranched alkanes of at least 4 members (excludes halogenated alkanes) is 1. The number of nitrogens with zero attached hydrogens (tertiary/aromatic N) is 2. The first-order chi connectivity index (χ1) is 8.88. The Labute approximate surface area is 115 Å². The van der Waals surface area contributed by atoms with Crippen LogP contribution in [0.3, 0.4) is 0 Å². The van der Waals surface area contributed by atoms with Gasteiger partial charge in [-0.3, -0.25) is 0 Å². The van der Waals surface area contributed by atoms with Crippen LogP contribution in [0.5, 0.6) is 0 Å². The maximum atomic E-state index is 11.8. The van der Waals surface area contributed by atoms with E-state index < -0.39 is 12.0 Å². The molecule has 6 nitrogen and oxygen atoms in total. The first-order valence-electron chi connectivity index (χ1n) is 6.77. The SMILES string of the molecule is CCCCC(NC(=O)N(C)CCCN(C)C)C(=O)O. The number of aliphatic carboxylic acids is 1. The summed E-state index contributed by atoms with van der Waals surface area (Å²) in [6.45, 7) is 3.51. The molecule has 19 heavy (non-hydrogen) atoms. The lowest BCUT2D eigenvalue weighted by Gasteiger charge is -2.22. The number of carboxylic acids is 1. The molecule has 0 aliphatic rings. The first kappa shape index (κ1) is 17.7. The lowest BCUT2D eigenvalue weighted by atomic mass is 10.1. The topological polar surface area (TPSA) is 72.9 Å². The average molecular weight is 273 g/mol. The van der Waals surface area contributed by atoms with Gasteiger partial charge in [-0.1, -0.05) is 19.8 Å². The van der Waals surface area contributed by atoms with E-state index in [4.69, 9.17) is 5.11 Å². The number of urea groups is 1. The standard InChI is InChI=1S/C13H27N3O3/c1-5-6-8-11(12(17)18)14-13(19)16(4)10-7-9-15(2)3/h11H,5-10H2,1-4H3,(H,14,19)(H,17,18). The normalized spacial score (nSPS) is 12.3. The molecule has 2 N–H and O–H groups in total. The molecular formula is C13H27N3O3. The number of carbonyl (C=O) groups is 2. The van der Waals surface area contributed by atoms with E-state index in [-0.39, 0.29) is 6.03 Å². The van der Waals surface area contributed by atoms with Crippen molar-refractivity contribution in [2.24, 2.45) is 0 Å². The van der Waals surface area contributed by atoms with Crippen LogP contribution in [0.15, 0.2) is 0 Å². The van der Waals surface area contributed by atoms with Gasteiger partial charge >= 0.3 is 12.0 Å². The van der Waals surface area contributed by atoms with Crippen LogP contribution in [0.4, 0.5) is 4.79 Å². The molecule has 0 bridgehead atoms. The predicted molar refractivity (Wildman–Crippen MR) is 75.3 cm³/mol. The monoisotopic (exact) mass is 273 g/mol. The first-order valence-corrected chi connectivity index (χ1v) is 6.77. The van der Waals surface area contributed by atoms with Crippen LogP contribution >= 0.6 is 0 Å². The minimum atomic E-state index is -0.969. The van der Waals surface area contributed by atoms with Gasteiger partial charge in [0.05, 0.1) is 0 Å². The molecular weight excluding hydrogens is 246 g/mol. The zero-order chi connectivity index (χ0) is 14.8. The molecule has 0 rings (SSSR count). The minimum Gasteiger partial charge on any atom is -0.480 e. The second kappa shape index (κ2) is 9.61. The average Bonchev–Trinajstić information content (AvgIpc) is 2.33. The van der Waals surface area contributed by atoms with Crippen LogP contribution in [0.2, 0.25) is 0 Å². The van der Waals surface area contributed by atoms with E-state index in [0.717, 1.165) is 25.8 Å². The van der Waals surface area contributed by atoms with E-state index in [2.05, 4.69) is 5.32 Å². The lowest BCUT2D eigenvalue weighted by molar-refractivity contribution is -0.139. The number of hydrogen-bond donors (Lipinski definition) is 2. The number of hydrogen-bond acceptors (Lipinski definition) is 3. The number of rotatable bonds is 9. The van der Waals surface area contributed by atoms with Gasteiger partial charge in [-0.2, -0.15) is 0 Å². The minimum absolute atomic E-state index is 0.317. The molecule has 6 heteroatoms. The number of carboxylic acid groups (broad SMARTS) is 1. The molecule has 0 radical (unpaired) electrons. The summed E-state index contributed by atoms with van der Waals surface area (Å²) in [5.74, 6) is -0.969. The summed E-state index contributed by atoms with van der Waals surface area (Å²) in [6.07, 6.45) is 3.05. The quantitative estimate of drug-likeness (QED) is 0.662. The molecule has 0 aromatic carbocycles. The van der Waals surface area contributed by atoms with Gasteiger partial charge in [-0.25, -0.2) is 9.59 Å². The second-order valence-corrected chi connectivity index (χ2v) is 5.06. The van der Waals surface area contributed by atoms with E-state index in [9.17, 15) is 9.59 Å². The summed E-state index contributed by atoms with van der Waals surface area (Å²) in [6, 6.07) is -1.11. The fourth-order valence-corrected chi connectivity index (χ4v) is 1.65. The Kier molecular flexibility index (Phi) is 8.95. The van der Waals surface area contributed by atoms with Gasteiger partial charge in [0.15, 0.2) is 0 Å². The second-order valence-electron chi connectivity index (χ2n) is 5.06. The summed E-state index contributed by atoms with van der Waals surface area (Å²) in [5.41, 5.74) is 0. The Morgan fingerprint density at radius 2 is 1.79 bits per heavy atom. The highest BCUT2D eigenvalue weighted by Gasteiger charge is 2.20. The number of carbonyl (C=O) groups excluding carboxylic acids is 1. The molecule has 0 saturated carbocycles. The van der Waals surface area contributed by atoms with Crippen molar-refractivity contribution in [3.05, 3.63) is 0 Å². The molecule has 2 amide bonds. The van der Waals surface area contributed by atoms with Crippen LogP contribution in [-0.4, -0.2) is 67.2 Å². The summed E-state index contributed by atoms with van der Waals surface area (Å²) in [5, 5.41) is 11.6. The Hall–Kier alpha value is -1.30. The maximum Gasteiger partial charge on any atom is 0.326 e. The molecule has 0 aromatic rings. The van der Waals surface area contributed by atoms with Crippen LogP contribution in [0.1, 0.15) is 32.6 Å². The van der Waals surface area contributed by atoms with Gasteiger partial charge in [0.25, 0.3) is 0 Å². The number of amides is 2. The Bertz CT molecular complexity index is 282. The zero-order valence-corrected chi connectivity index (χ0v) is 12.5. The third-order valence-corrected chi connectivity index (χ3v) is 2.89. The van der Waals surface area contributed by atoms with Crippen molar-refractivity contribution < 1.29 is 14.7 Å². The van der Waals surface area contributed by atoms with Gasteiger partial charge in [0.2, 0.25) is 0 Å². The van der Waals surface area contributed by atoms with E-state index in [1.165, 1.54) is 4.90 Å². The van der Waals surface area contributed by atoms with Gasteiger partial charge in [0.1, 0.15) is 6.04 Å². The van der Waals surface area contributed by atoms with Crippen LogP contribution in [0, 0.1) is 0 Å². The van der Waals surface area contributed by atoms with Crippen molar-refractivity contribution in [1.82, 2.24) is 15.1 Å². The van der Waals surface area contributed by atoms with Crippen LogP contribution < -0.4 is 5.32 Å². The fraction of sp³-hybridized carbons (Fsp3) is 0.846. The third-order valence-electron chi connectivity index (χ3n) is 2.89. The van der Waals surface area contributed by atoms with Gasteiger partial charge in [0, 0.05) is 13.6 Å². The van der Waals surface area contributed by atoms with Gasteiger partial charge in [-0.05, 0) is 33.5 Å². The molecule has 0 aromatic heterocycles. The molecule has 0 aliphatic carbocycles. The highest BCUT2D eigenvalue weighted by Crippen LogP contribution is 2.02. The van der Waals surface area contributed by atoms with E-state index >= 15 is 0 Å². The van der Waals surface area contributed by atoms with Crippen molar-refractivity contribution in [2.75, 3.05) is 34.2 Å². The van der Waals surface area contributed by atoms with Crippen molar-refractivity contribution in [3.63, 3.8) is 0 Å². The molecule has 112 valence electrons. The molecule has 0 spiro atoms. The molecule has 1 atom stereocenters. The highest BCUT2D eigenvalue weighted by molar-refractivity contribution is 5.82. The molecule has 0 fully saturated rings. The third kappa shape index (κ3) is 8.42. The van der Waals surface area contributed by atoms with Crippen molar-refractivity contribution in [1.29, 1.82) is 0 Å². The Balaban J connectivity index is 4.12. The molecule has 0 saturated heterocycles.